The van der Waals surface area contributed by atoms with E-state index in [1.807, 2.05) is 0 Å². The highest BCUT2D eigenvalue weighted by Crippen LogP contribution is 2.32. The van der Waals surface area contributed by atoms with Crippen LogP contribution in [-0.4, -0.2) is 19.0 Å². The lowest BCUT2D eigenvalue weighted by Gasteiger charge is -2.36. The molecule has 0 aliphatic carbocycles. The maximum atomic E-state index is 12.6. The van der Waals surface area contributed by atoms with Gasteiger partial charge in [-0.3, -0.25) is 4.79 Å². The molecular weight excluding hydrogens is 268 g/mol. The first-order chi connectivity index (χ1) is 9.70. The molecule has 1 fully saturated rings. The summed E-state index contributed by atoms with van der Waals surface area (Å²) in [6, 6.07) is 4.30. The molecule has 0 spiro atoms. The predicted octanol–water partition coefficient (Wildman–Crippen LogP) is 3.10. The first kappa shape index (κ1) is 15.5. The van der Waals surface area contributed by atoms with Crippen LogP contribution >= 0.6 is 11.3 Å². The normalized spacial score (nSPS) is 22.7. The van der Waals surface area contributed by atoms with Gasteiger partial charge in [0.2, 0.25) is 5.91 Å². The highest BCUT2D eigenvalue weighted by molar-refractivity contribution is 7.11. The summed E-state index contributed by atoms with van der Waals surface area (Å²) in [7, 11) is 0. The predicted molar refractivity (Wildman–Crippen MR) is 85.0 cm³/mol. The molecule has 20 heavy (non-hydrogen) atoms. The number of carbonyl (C=O) groups excluding carboxylic acids is 1. The Morgan fingerprint density at radius 3 is 2.80 bits per heavy atom. The fourth-order valence-corrected chi connectivity index (χ4v) is 3.93. The summed E-state index contributed by atoms with van der Waals surface area (Å²) in [6.45, 7) is 6.88. The molecule has 1 aromatic rings. The van der Waals surface area contributed by atoms with Crippen LogP contribution in [0.15, 0.2) is 12.1 Å². The third-order valence-corrected chi connectivity index (χ3v) is 5.40. The van der Waals surface area contributed by atoms with Crippen molar-refractivity contribution in [3.05, 3.63) is 21.9 Å². The Hall–Kier alpha value is -0.870. The van der Waals surface area contributed by atoms with Crippen LogP contribution in [0, 0.1) is 5.41 Å². The van der Waals surface area contributed by atoms with Gasteiger partial charge in [0.1, 0.15) is 0 Å². The van der Waals surface area contributed by atoms with Crippen LogP contribution in [0.2, 0.25) is 0 Å². The van der Waals surface area contributed by atoms with Gasteiger partial charge in [0.25, 0.3) is 0 Å². The highest BCUT2D eigenvalue weighted by Gasteiger charge is 2.38. The minimum atomic E-state index is -0.183. The zero-order chi connectivity index (χ0) is 14.4. The molecule has 1 unspecified atom stereocenters. The highest BCUT2D eigenvalue weighted by atomic mass is 32.1. The number of carbonyl (C=O) groups is 1. The van der Waals surface area contributed by atoms with E-state index in [0.717, 1.165) is 45.2 Å². The number of aryl methyl sites for hydroxylation is 1. The van der Waals surface area contributed by atoms with E-state index >= 15 is 0 Å². The first-order valence-electron chi connectivity index (χ1n) is 7.77. The van der Waals surface area contributed by atoms with Gasteiger partial charge in [0.15, 0.2) is 0 Å². The second-order valence-corrected chi connectivity index (χ2v) is 6.97. The molecule has 2 N–H and O–H groups in total. The standard InChI is InChI=1S/C16H26N2OS/c1-3-8-16(9-5-10-17-12-16)15(19)18-11-14-7-6-13(4-2)20-14/h6-7,17H,3-5,8-12H2,1-2H3,(H,18,19). The molecule has 1 aromatic heterocycles. The van der Waals surface area contributed by atoms with Crippen molar-refractivity contribution in [2.24, 2.45) is 5.41 Å². The lowest BCUT2D eigenvalue weighted by atomic mass is 9.76. The smallest absolute Gasteiger partial charge is 0.227 e. The van der Waals surface area contributed by atoms with Gasteiger partial charge in [-0.15, -0.1) is 11.3 Å². The molecule has 4 heteroatoms. The van der Waals surface area contributed by atoms with Crippen LogP contribution < -0.4 is 10.6 Å². The third-order valence-electron chi connectivity index (χ3n) is 4.17. The molecule has 1 aliphatic rings. The van der Waals surface area contributed by atoms with Crippen molar-refractivity contribution >= 4 is 17.2 Å². The second kappa shape index (κ2) is 7.23. The lowest BCUT2D eigenvalue weighted by Crippen LogP contribution is -2.50. The van der Waals surface area contributed by atoms with Crippen LogP contribution in [0.4, 0.5) is 0 Å². The van der Waals surface area contributed by atoms with Crippen LogP contribution in [-0.2, 0) is 17.8 Å². The van der Waals surface area contributed by atoms with Crippen molar-refractivity contribution in [3.63, 3.8) is 0 Å². The van der Waals surface area contributed by atoms with E-state index in [-0.39, 0.29) is 11.3 Å². The van der Waals surface area contributed by atoms with E-state index in [9.17, 15) is 4.79 Å². The fourth-order valence-electron chi connectivity index (χ4n) is 3.03. The van der Waals surface area contributed by atoms with Crippen molar-refractivity contribution in [3.8, 4) is 0 Å². The van der Waals surface area contributed by atoms with Crippen molar-refractivity contribution in [1.29, 1.82) is 0 Å². The maximum absolute atomic E-state index is 12.6. The molecule has 2 rings (SSSR count). The Morgan fingerprint density at radius 2 is 2.20 bits per heavy atom. The number of rotatable bonds is 6. The van der Waals surface area contributed by atoms with Crippen molar-refractivity contribution in [2.75, 3.05) is 13.1 Å². The Labute approximate surface area is 126 Å². The van der Waals surface area contributed by atoms with Gasteiger partial charge < -0.3 is 10.6 Å². The van der Waals surface area contributed by atoms with Gasteiger partial charge in [-0.2, -0.15) is 0 Å². The molecule has 1 atom stereocenters. The van der Waals surface area contributed by atoms with E-state index in [2.05, 4.69) is 36.6 Å². The van der Waals surface area contributed by atoms with Crippen molar-refractivity contribution < 1.29 is 4.79 Å². The van der Waals surface area contributed by atoms with Crippen LogP contribution in [0.25, 0.3) is 0 Å². The minimum Gasteiger partial charge on any atom is -0.351 e. The van der Waals surface area contributed by atoms with Crippen molar-refractivity contribution in [1.82, 2.24) is 10.6 Å². The molecular formula is C16H26N2OS. The quantitative estimate of drug-likeness (QED) is 0.846. The molecule has 2 heterocycles. The number of amides is 1. The number of nitrogens with one attached hydrogen (secondary N) is 2. The molecule has 3 nitrogen and oxygen atoms in total. The average molecular weight is 294 g/mol. The summed E-state index contributed by atoms with van der Waals surface area (Å²) >= 11 is 1.80. The van der Waals surface area contributed by atoms with E-state index < -0.39 is 0 Å². The van der Waals surface area contributed by atoms with Crippen LogP contribution in [0.5, 0.6) is 0 Å². The van der Waals surface area contributed by atoms with Crippen molar-refractivity contribution in [2.45, 2.75) is 52.5 Å². The Bertz CT molecular complexity index is 430. The number of piperidine rings is 1. The van der Waals surface area contributed by atoms with Crippen LogP contribution in [0.1, 0.15) is 49.3 Å². The second-order valence-electron chi connectivity index (χ2n) is 5.71. The monoisotopic (exact) mass is 294 g/mol. The Kier molecular flexibility index (Phi) is 5.61. The van der Waals surface area contributed by atoms with Gasteiger partial charge in [-0.05, 0) is 44.4 Å². The molecule has 1 saturated heterocycles. The molecule has 0 saturated carbocycles. The SMILES string of the molecule is CCCC1(C(=O)NCc2ccc(CC)s2)CCCNC1. The summed E-state index contributed by atoms with van der Waals surface area (Å²) in [5.41, 5.74) is -0.183. The average Bonchev–Trinajstić information content (AvgIpc) is 2.94. The summed E-state index contributed by atoms with van der Waals surface area (Å²) < 4.78 is 0. The van der Waals surface area contributed by atoms with E-state index in [1.54, 1.807) is 11.3 Å². The van der Waals surface area contributed by atoms with E-state index in [1.165, 1.54) is 9.75 Å². The fraction of sp³-hybridized carbons (Fsp3) is 0.688. The molecule has 1 aliphatic heterocycles. The number of hydrogen-bond donors (Lipinski definition) is 2. The Balaban J connectivity index is 1.94. The minimum absolute atomic E-state index is 0.183. The molecule has 112 valence electrons. The molecule has 0 radical (unpaired) electrons. The number of thiophene rings is 1. The molecule has 0 aromatic carbocycles. The van der Waals surface area contributed by atoms with Gasteiger partial charge in [0, 0.05) is 16.3 Å². The summed E-state index contributed by atoms with van der Waals surface area (Å²) in [4.78, 5) is 15.3. The van der Waals surface area contributed by atoms with E-state index in [4.69, 9.17) is 0 Å². The van der Waals surface area contributed by atoms with E-state index in [0.29, 0.717) is 6.54 Å². The first-order valence-corrected chi connectivity index (χ1v) is 8.58. The van der Waals surface area contributed by atoms with Gasteiger partial charge in [-0.25, -0.2) is 0 Å². The summed E-state index contributed by atoms with van der Waals surface area (Å²) in [5, 5.41) is 6.56. The largest absolute Gasteiger partial charge is 0.351 e. The maximum Gasteiger partial charge on any atom is 0.227 e. The Morgan fingerprint density at radius 1 is 1.40 bits per heavy atom. The summed E-state index contributed by atoms with van der Waals surface area (Å²) in [6.07, 6.45) is 5.24. The van der Waals surface area contributed by atoms with Crippen LogP contribution in [0.3, 0.4) is 0 Å². The number of hydrogen-bond acceptors (Lipinski definition) is 3. The zero-order valence-electron chi connectivity index (χ0n) is 12.6. The lowest BCUT2D eigenvalue weighted by molar-refractivity contribution is -0.132. The van der Waals surface area contributed by atoms with Gasteiger partial charge >= 0.3 is 0 Å². The topological polar surface area (TPSA) is 41.1 Å². The van der Waals surface area contributed by atoms with Gasteiger partial charge in [0.05, 0.1) is 12.0 Å². The summed E-state index contributed by atoms with van der Waals surface area (Å²) in [5.74, 6) is 0.234. The molecule has 0 bridgehead atoms. The molecule has 1 amide bonds. The third kappa shape index (κ3) is 3.61. The van der Waals surface area contributed by atoms with Gasteiger partial charge in [-0.1, -0.05) is 20.3 Å². The zero-order valence-corrected chi connectivity index (χ0v) is 13.4.